The molecule has 2 aromatic heterocycles. The van der Waals surface area contributed by atoms with E-state index < -0.39 is 0 Å². The first kappa shape index (κ1) is 14.2. The molecule has 0 aliphatic carbocycles. The monoisotopic (exact) mass is 291 g/mol. The van der Waals surface area contributed by atoms with E-state index in [1.165, 1.54) is 0 Å². The van der Waals surface area contributed by atoms with Crippen molar-refractivity contribution in [2.45, 2.75) is 6.92 Å². The number of hydrogen-bond acceptors (Lipinski definition) is 3. The quantitative estimate of drug-likeness (QED) is 0.743. The number of rotatable bonds is 3. The highest BCUT2D eigenvalue weighted by Crippen LogP contribution is 2.25. The van der Waals surface area contributed by atoms with Crippen LogP contribution >= 0.6 is 0 Å². The van der Waals surface area contributed by atoms with Gasteiger partial charge in [0.15, 0.2) is 0 Å². The maximum Gasteiger partial charge on any atom is 0.254 e. The predicted octanol–water partition coefficient (Wildman–Crippen LogP) is 3.39. The fourth-order valence-corrected chi connectivity index (χ4v) is 2.37. The van der Waals surface area contributed by atoms with E-state index >= 15 is 0 Å². The zero-order chi connectivity index (χ0) is 15.5. The van der Waals surface area contributed by atoms with Crippen molar-refractivity contribution in [2.75, 3.05) is 13.6 Å². The number of carbonyl (C=O) groups is 1. The number of benzene rings is 1. The van der Waals surface area contributed by atoms with Crippen LogP contribution in [0.4, 0.5) is 0 Å². The Morgan fingerprint density at radius 3 is 2.59 bits per heavy atom. The van der Waals surface area contributed by atoms with Crippen molar-refractivity contribution in [3.8, 4) is 11.3 Å². The van der Waals surface area contributed by atoms with E-state index in [0.717, 1.165) is 22.2 Å². The summed E-state index contributed by atoms with van der Waals surface area (Å²) in [5, 5.41) is 0.880. The van der Waals surface area contributed by atoms with Crippen molar-refractivity contribution in [1.82, 2.24) is 14.9 Å². The second kappa shape index (κ2) is 5.93. The van der Waals surface area contributed by atoms with Crippen molar-refractivity contribution < 1.29 is 4.79 Å². The van der Waals surface area contributed by atoms with Gasteiger partial charge in [0, 0.05) is 36.9 Å². The van der Waals surface area contributed by atoms with Crippen LogP contribution in [0, 0.1) is 0 Å². The summed E-state index contributed by atoms with van der Waals surface area (Å²) in [6.07, 6.45) is 3.46. The molecule has 0 fully saturated rings. The first-order chi connectivity index (χ1) is 10.7. The molecule has 0 atom stereocenters. The summed E-state index contributed by atoms with van der Waals surface area (Å²) in [5.41, 5.74) is 3.24. The molecule has 3 rings (SSSR count). The summed E-state index contributed by atoms with van der Waals surface area (Å²) >= 11 is 0. The van der Waals surface area contributed by atoms with Crippen LogP contribution in [0.25, 0.3) is 22.2 Å². The molecule has 0 aliphatic rings. The number of carbonyl (C=O) groups excluding carboxylic acids is 1. The lowest BCUT2D eigenvalue weighted by Crippen LogP contribution is -2.26. The maximum absolute atomic E-state index is 12.7. The van der Waals surface area contributed by atoms with Crippen molar-refractivity contribution in [3.63, 3.8) is 0 Å². The lowest BCUT2D eigenvalue weighted by molar-refractivity contribution is 0.0804. The van der Waals surface area contributed by atoms with Crippen molar-refractivity contribution in [2.24, 2.45) is 0 Å². The number of pyridine rings is 2. The first-order valence-corrected chi connectivity index (χ1v) is 7.26. The molecule has 22 heavy (non-hydrogen) atoms. The van der Waals surface area contributed by atoms with Crippen LogP contribution in [0.5, 0.6) is 0 Å². The number of fused-ring (bicyclic) bond motifs is 1. The van der Waals surface area contributed by atoms with Crippen LogP contribution in [-0.2, 0) is 0 Å². The Labute approximate surface area is 129 Å². The predicted molar refractivity (Wildman–Crippen MR) is 87.6 cm³/mol. The smallest absolute Gasteiger partial charge is 0.254 e. The van der Waals surface area contributed by atoms with E-state index in [9.17, 15) is 4.79 Å². The Morgan fingerprint density at radius 2 is 1.86 bits per heavy atom. The molecule has 4 nitrogen and oxygen atoms in total. The highest BCUT2D eigenvalue weighted by Gasteiger charge is 2.16. The van der Waals surface area contributed by atoms with Crippen LogP contribution in [0.15, 0.2) is 54.9 Å². The summed E-state index contributed by atoms with van der Waals surface area (Å²) in [6, 6.07) is 13.4. The summed E-state index contributed by atoms with van der Waals surface area (Å²) in [7, 11) is 1.81. The Kier molecular flexibility index (Phi) is 3.83. The van der Waals surface area contributed by atoms with Gasteiger partial charge in [0.25, 0.3) is 5.91 Å². The second-order valence-corrected chi connectivity index (χ2v) is 5.13. The largest absolute Gasteiger partial charge is 0.342 e. The topological polar surface area (TPSA) is 46.1 Å². The van der Waals surface area contributed by atoms with Gasteiger partial charge in [0.2, 0.25) is 0 Å². The molecule has 0 radical (unpaired) electrons. The number of para-hydroxylation sites is 1. The van der Waals surface area contributed by atoms with Gasteiger partial charge in [-0.2, -0.15) is 0 Å². The van der Waals surface area contributed by atoms with Gasteiger partial charge >= 0.3 is 0 Å². The number of aromatic nitrogens is 2. The van der Waals surface area contributed by atoms with Gasteiger partial charge in [-0.25, -0.2) is 4.98 Å². The third kappa shape index (κ3) is 2.55. The lowest BCUT2D eigenvalue weighted by atomic mass is 10.0. The molecule has 1 aromatic carbocycles. The standard InChI is InChI=1S/C18H17N3O/c1-3-21(2)18(22)15-12-17(13-8-10-19-11-9-13)20-16-7-5-4-6-14(15)16/h4-12H,3H2,1-2H3. The minimum Gasteiger partial charge on any atom is -0.342 e. The van der Waals surface area contributed by atoms with Crippen molar-refractivity contribution in [3.05, 3.63) is 60.4 Å². The summed E-state index contributed by atoms with van der Waals surface area (Å²) in [6.45, 7) is 2.63. The molecule has 0 bridgehead atoms. The SMILES string of the molecule is CCN(C)C(=O)c1cc(-c2ccncc2)nc2ccccc12. The Bertz CT molecular complexity index is 815. The van der Waals surface area contributed by atoms with Gasteiger partial charge in [0.05, 0.1) is 16.8 Å². The van der Waals surface area contributed by atoms with Crippen LogP contribution in [0.1, 0.15) is 17.3 Å². The fourth-order valence-electron chi connectivity index (χ4n) is 2.37. The molecule has 0 saturated heterocycles. The van der Waals surface area contributed by atoms with Crippen LogP contribution in [0.2, 0.25) is 0 Å². The molecular formula is C18H17N3O. The molecule has 0 spiro atoms. The molecule has 0 aliphatic heterocycles. The third-order valence-corrected chi connectivity index (χ3v) is 3.74. The van der Waals surface area contributed by atoms with E-state index in [4.69, 9.17) is 0 Å². The molecule has 3 aromatic rings. The first-order valence-electron chi connectivity index (χ1n) is 7.26. The molecular weight excluding hydrogens is 274 g/mol. The number of hydrogen-bond donors (Lipinski definition) is 0. The maximum atomic E-state index is 12.7. The van der Waals surface area contributed by atoms with Gasteiger partial charge < -0.3 is 4.90 Å². The molecule has 4 heteroatoms. The average Bonchev–Trinajstić information content (AvgIpc) is 2.60. The van der Waals surface area contributed by atoms with Gasteiger partial charge in [-0.15, -0.1) is 0 Å². The molecule has 0 N–H and O–H groups in total. The lowest BCUT2D eigenvalue weighted by Gasteiger charge is -2.16. The highest BCUT2D eigenvalue weighted by molar-refractivity contribution is 6.07. The van der Waals surface area contributed by atoms with E-state index in [-0.39, 0.29) is 5.91 Å². The van der Waals surface area contributed by atoms with Crippen molar-refractivity contribution >= 4 is 16.8 Å². The van der Waals surface area contributed by atoms with Crippen molar-refractivity contribution in [1.29, 1.82) is 0 Å². The van der Waals surface area contributed by atoms with Gasteiger partial charge in [-0.1, -0.05) is 18.2 Å². The summed E-state index contributed by atoms with van der Waals surface area (Å²) in [5.74, 6) is 0.0106. The zero-order valence-electron chi connectivity index (χ0n) is 12.7. The minimum absolute atomic E-state index is 0.0106. The molecule has 1 amide bonds. The molecule has 110 valence electrons. The third-order valence-electron chi connectivity index (χ3n) is 3.74. The second-order valence-electron chi connectivity index (χ2n) is 5.13. The highest BCUT2D eigenvalue weighted by atomic mass is 16.2. The molecule has 0 saturated carbocycles. The Balaban J connectivity index is 2.23. The zero-order valence-corrected chi connectivity index (χ0v) is 12.7. The van der Waals surface area contributed by atoms with Gasteiger partial charge in [-0.05, 0) is 31.2 Å². The molecule has 2 heterocycles. The van der Waals surface area contributed by atoms with Crippen LogP contribution in [0.3, 0.4) is 0 Å². The number of amides is 1. The Hall–Kier alpha value is -2.75. The van der Waals surface area contributed by atoms with Crippen LogP contribution < -0.4 is 0 Å². The van der Waals surface area contributed by atoms with E-state index in [2.05, 4.69) is 9.97 Å². The average molecular weight is 291 g/mol. The summed E-state index contributed by atoms with van der Waals surface area (Å²) in [4.78, 5) is 23.1. The van der Waals surface area contributed by atoms with E-state index in [0.29, 0.717) is 12.1 Å². The van der Waals surface area contributed by atoms with E-state index in [1.54, 1.807) is 17.3 Å². The molecule has 0 unspecified atom stereocenters. The van der Waals surface area contributed by atoms with Gasteiger partial charge in [-0.3, -0.25) is 9.78 Å². The Morgan fingerprint density at radius 1 is 1.14 bits per heavy atom. The summed E-state index contributed by atoms with van der Waals surface area (Å²) < 4.78 is 0. The minimum atomic E-state index is 0.0106. The normalized spacial score (nSPS) is 10.6. The van der Waals surface area contributed by atoms with E-state index in [1.807, 2.05) is 56.4 Å². The fraction of sp³-hybridized carbons (Fsp3) is 0.167. The number of nitrogens with zero attached hydrogens (tertiary/aromatic N) is 3. The van der Waals surface area contributed by atoms with Crippen LogP contribution in [-0.4, -0.2) is 34.4 Å². The van der Waals surface area contributed by atoms with Gasteiger partial charge in [0.1, 0.15) is 0 Å².